The zero-order chi connectivity index (χ0) is 14.3. The summed E-state index contributed by atoms with van der Waals surface area (Å²) in [5.41, 5.74) is 0. The van der Waals surface area contributed by atoms with Gasteiger partial charge < -0.3 is 14.8 Å². The van der Waals surface area contributed by atoms with E-state index in [9.17, 15) is 9.59 Å². The summed E-state index contributed by atoms with van der Waals surface area (Å²) < 4.78 is 11.2. The molecule has 0 radical (unpaired) electrons. The molecule has 0 aliphatic carbocycles. The van der Waals surface area contributed by atoms with Crippen molar-refractivity contribution < 1.29 is 19.1 Å². The highest BCUT2D eigenvalue weighted by molar-refractivity contribution is 5.98. The zero-order valence-electron chi connectivity index (χ0n) is 12.2. The van der Waals surface area contributed by atoms with Crippen molar-refractivity contribution in [2.24, 2.45) is 0 Å². The van der Waals surface area contributed by atoms with Gasteiger partial charge in [-0.05, 0) is 26.7 Å². The minimum absolute atomic E-state index is 0.0106. The van der Waals surface area contributed by atoms with Crippen molar-refractivity contribution in [2.45, 2.75) is 64.7 Å². The van der Waals surface area contributed by atoms with Crippen LogP contribution in [0.2, 0.25) is 0 Å². The molecule has 1 unspecified atom stereocenters. The molecule has 1 rings (SSSR count). The molecule has 1 atom stereocenters. The lowest BCUT2D eigenvalue weighted by Gasteiger charge is -2.35. The lowest BCUT2D eigenvalue weighted by atomic mass is 10.1. The Kier molecular flexibility index (Phi) is 6.45. The predicted molar refractivity (Wildman–Crippen MR) is 71.7 cm³/mol. The fraction of sp³-hybridized carbons (Fsp3) is 0.857. The molecular weight excluding hydrogens is 246 g/mol. The van der Waals surface area contributed by atoms with Crippen molar-refractivity contribution in [3.63, 3.8) is 0 Å². The topological polar surface area (TPSA) is 64.6 Å². The van der Waals surface area contributed by atoms with E-state index >= 15 is 0 Å². The molecular formula is C14H25NO4. The van der Waals surface area contributed by atoms with Crippen LogP contribution in [0.1, 0.15) is 52.9 Å². The molecule has 0 saturated carbocycles. The first-order chi connectivity index (χ1) is 8.95. The van der Waals surface area contributed by atoms with Crippen LogP contribution in [0.15, 0.2) is 0 Å². The van der Waals surface area contributed by atoms with E-state index in [0.717, 1.165) is 12.8 Å². The van der Waals surface area contributed by atoms with E-state index in [-0.39, 0.29) is 24.2 Å². The Morgan fingerprint density at radius 1 is 1.32 bits per heavy atom. The molecule has 0 aromatic heterocycles. The molecule has 0 bridgehead atoms. The summed E-state index contributed by atoms with van der Waals surface area (Å²) in [6.45, 7) is 7.08. The van der Waals surface area contributed by atoms with E-state index in [1.54, 1.807) is 0 Å². The molecule has 1 heterocycles. The van der Waals surface area contributed by atoms with Gasteiger partial charge in [-0.2, -0.15) is 0 Å². The standard InChI is InChI=1S/C14H25NO4/c1-4-6-12(16)9-13(17)15-11(2)10-14(3)18-7-5-8-19-14/h11H,4-10H2,1-3H3,(H,15,17). The van der Waals surface area contributed by atoms with E-state index in [1.807, 2.05) is 20.8 Å². The fourth-order valence-corrected chi connectivity index (χ4v) is 2.27. The van der Waals surface area contributed by atoms with E-state index < -0.39 is 5.79 Å². The van der Waals surface area contributed by atoms with Crippen molar-refractivity contribution in [3.05, 3.63) is 0 Å². The molecule has 5 heteroatoms. The van der Waals surface area contributed by atoms with Crippen molar-refractivity contribution in [2.75, 3.05) is 13.2 Å². The van der Waals surface area contributed by atoms with Gasteiger partial charge in [0.25, 0.3) is 0 Å². The third kappa shape index (κ3) is 6.16. The number of Topliss-reactive ketones (excluding diaryl/α,β-unsaturated/α-hetero) is 1. The Morgan fingerprint density at radius 3 is 2.53 bits per heavy atom. The lowest BCUT2D eigenvalue weighted by molar-refractivity contribution is -0.260. The first-order valence-electron chi connectivity index (χ1n) is 7.04. The van der Waals surface area contributed by atoms with Crippen LogP contribution in [0, 0.1) is 0 Å². The van der Waals surface area contributed by atoms with Crippen molar-refractivity contribution in [3.8, 4) is 0 Å². The summed E-state index contributed by atoms with van der Waals surface area (Å²) >= 11 is 0. The smallest absolute Gasteiger partial charge is 0.227 e. The average Bonchev–Trinajstić information content (AvgIpc) is 2.28. The average molecular weight is 271 g/mol. The largest absolute Gasteiger partial charge is 0.353 e. The van der Waals surface area contributed by atoms with E-state index in [1.165, 1.54) is 0 Å². The molecule has 5 nitrogen and oxygen atoms in total. The fourth-order valence-electron chi connectivity index (χ4n) is 2.27. The summed E-state index contributed by atoms with van der Waals surface area (Å²) in [5, 5.41) is 2.82. The van der Waals surface area contributed by atoms with E-state index in [2.05, 4.69) is 5.32 Å². The zero-order valence-corrected chi connectivity index (χ0v) is 12.2. The van der Waals surface area contributed by atoms with Gasteiger partial charge >= 0.3 is 0 Å². The minimum Gasteiger partial charge on any atom is -0.353 e. The minimum atomic E-state index is -0.627. The van der Waals surface area contributed by atoms with Crippen LogP contribution in [0.5, 0.6) is 0 Å². The summed E-state index contributed by atoms with van der Waals surface area (Å²) in [7, 11) is 0. The molecule has 1 fully saturated rings. The SMILES string of the molecule is CCCC(=O)CC(=O)NC(C)CC1(C)OCCCO1. The second-order valence-corrected chi connectivity index (χ2v) is 5.32. The number of nitrogens with one attached hydrogen (secondary N) is 1. The first-order valence-corrected chi connectivity index (χ1v) is 7.04. The monoisotopic (exact) mass is 271 g/mol. The maximum absolute atomic E-state index is 11.7. The molecule has 1 aliphatic heterocycles. The number of carbonyl (C=O) groups excluding carboxylic acids is 2. The van der Waals surface area contributed by atoms with Crippen LogP contribution < -0.4 is 5.32 Å². The third-order valence-corrected chi connectivity index (χ3v) is 3.07. The third-order valence-electron chi connectivity index (χ3n) is 3.07. The van der Waals surface area contributed by atoms with Crippen LogP contribution in [0.25, 0.3) is 0 Å². The predicted octanol–water partition coefficient (Wildman–Crippen LogP) is 1.79. The Bertz CT molecular complexity index is 311. The van der Waals surface area contributed by atoms with Gasteiger partial charge in [0, 0.05) is 18.9 Å². The Hall–Kier alpha value is -0.940. The van der Waals surface area contributed by atoms with Crippen LogP contribution in [0.4, 0.5) is 0 Å². The second kappa shape index (κ2) is 7.60. The summed E-state index contributed by atoms with van der Waals surface area (Å²) in [4.78, 5) is 23.0. The Balaban J connectivity index is 2.31. The Morgan fingerprint density at radius 2 is 1.95 bits per heavy atom. The maximum atomic E-state index is 11.7. The van der Waals surface area contributed by atoms with Crippen LogP contribution in [0.3, 0.4) is 0 Å². The van der Waals surface area contributed by atoms with Crippen LogP contribution >= 0.6 is 0 Å². The van der Waals surface area contributed by atoms with Gasteiger partial charge in [-0.1, -0.05) is 6.92 Å². The van der Waals surface area contributed by atoms with Gasteiger partial charge in [0.2, 0.25) is 5.91 Å². The number of hydrogen-bond acceptors (Lipinski definition) is 4. The summed E-state index contributed by atoms with van der Waals surface area (Å²) in [6, 6.07) is -0.0787. The number of ketones is 1. The molecule has 1 saturated heterocycles. The number of hydrogen-bond donors (Lipinski definition) is 1. The van der Waals surface area contributed by atoms with Gasteiger partial charge in [0.05, 0.1) is 19.6 Å². The number of rotatable bonds is 7. The van der Waals surface area contributed by atoms with Gasteiger partial charge in [0.1, 0.15) is 5.78 Å². The highest BCUT2D eigenvalue weighted by Crippen LogP contribution is 2.23. The highest BCUT2D eigenvalue weighted by atomic mass is 16.7. The molecule has 1 N–H and O–H groups in total. The number of ether oxygens (including phenoxy) is 2. The van der Waals surface area contributed by atoms with Gasteiger partial charge in [-0.15, -0.1) is 0 Å². The van der Waals surface area contributed by atoms with E-state index in [4.69, 9.17) is 9.47 Å². The van der Waals surface area contributed by atoms with Gasteiger partial charge in [0.15, 0.2) is 5.79 Å². The maximum Gasteiger partial charge on any atom is 0.227 e. The van der Waals surface area contributed by atoms with E-state index in [0.29, 0.717) is 26.1 Å². The number of carbonyl (C=O) groups is 2. The van der Waals surface area contributed by atoms with Crippen molar-refractivity contribution in [1.29, 1.82) is 0 Å². The molecule has 110 valence electrons. The van der Waals surface area contributed by atoms with Crippen LogP contribution in [-0.4, -0.2) is 36.7 Å². The molecule has 0 spiro atoms. The molecule has 1 aliphatic rings. The molecule has 1 amide bonds. The van der Waals surface area contributed by atoms with Gasteiger partial charge in [-0.3, -0.25) is 9.59 Å². The van der Waals surface area contributed by atoms with Gasteiger partial charge in [-0.25, -0.2) is 0 Å². The summed E-state index contributed by atoms with van der Waals surface area (Å²) in [6.07, 6.45) is 2.70. The molecule has 19 heavy (non-hydrogen) atoms. The van der Waals surface area contributed by atoms with Crippen molar-refractivity contribution in [1.82, 2.24) is 5.32 Å². The molecule has 0 aromatic rings. The van der Waals surface area contributed by atoms with Crippen molar-refractivity contribution >= 4 is 11.7 Å². The Labute approximate surface area is 115 Å². The summed E-state index contributed by atoms with van der Waals surface area (Å²) in [5.74, 6) is -0.854. The number of amides is 1. The second-order valence-electron chi connectivity index (χ2n) is 5.32. The quantitative estimate of drug-likeness (QED) is 0.717. The highest BCUT2D eigenvalue weighted by Gasteiger charge is 2.31. The normalized spacial score (nSPS) is 19.7. The molecule has 0 aromatic carbocycles. The lowest BCUT2D eigenvalue weighted by Crippen LogP contribution is -2.45. The first kappa shape index (κ1) is 16.1. The van der Waals surface area contributed by atoms with Crippen LogP contribution in [-0.2, 0) is 19.1 Å².